The van der Waals surface area contributed by atoms with Crippen molar-refractivity contribution in [3.05, 3.63) is 41.1 Å². The topological polar surface area (TPSA) is 109 Å². The van der Waals surface area contributed by atoms with Gasteiger partial charge in [0.05, 0.1) is 23.1 Å². The number of nitrogens with one attached hydrogen (secondary N) is 2. The number of aliphatic hydroxyl groups excluding tert-OH is 1. The van der Waals surface area contributed by atoms with Crippen molar-refractivity contribution in [1.29, 1.82) is 0 Å². The molecule has 1 aromatic carbocycles. The highest BCUT2D eigenvalue weighted by molar-refractivity contribution is 6.33. The lowest BCUT2D eigenvalue weighted by Gasteiger charge is -2.29. The molecule has 0 bridgehead atoms. The molecule has 0 radical (unpaired) electrons. The molecular formula is C28H33ClFN5O3. The molecule has 0 spiro atoms. The summed E-state index contributed by atoms with van der Waals surface area (Å²) in [6, 6.07) is 4.87. The average molecular weight is 542 g/mol. The first-order chi connectivity index (χ1) is 18.0. The number of rotatable bonds is 6. The monoisotopic (exact) mass is 541 g/mol. The molecule has 2 aromatic heterocycles. The number of fused-ring (bicyclic) bond motifs is 3. The second-order valence-electron chi connectivity index (χ2n) is 11.2. The van der Waals surface area contributed by atoms with Gasteiger partial charge in [0, 0.05) is 35.7 Å². The van der Waals surface area contributed by atoms with Crippen molar-refractivity contribution < 1.29 is 19.1 Å². The zero-order valence-electron chi connectivity index (χ0n) is 21.9. The van der Waals surface area contributed by atoms with Gasteiger partial charge in [-0.3, -0.25) is 9.59 Å². The van der Waals surface area contributed by atoms with Crippen LogP contribution in [0, 0.1) is 11.7 Å². The number of pyridine rings is 1. The van der Waals surface area contributed by atoms with E-state index in [1.807, 2.05) is 6.07 Å². The van der Waals surface area contributed by atoms with Gasteiger partial charge in [0.15, 0.2) is 5.82 Å². The van der Waals surface area contributed by atoms with E-state index in [0.29, 0.717) is 40.3 Å². The summed E-state index contributed by atoms with van der Waals surface area (Å²) in [5, 5.41) is 15.6. The quantitative estimate of drug-likeness (QED) is 0.409. The Labute approximate surface area is 226 Å². The second-order valence-corrected chi connectivity index (χ2v) is 11.6. The first-order valence-electron chi connectivity index (χ1n) is 13.2. The molecular weight excluding hydrogens is 509 g/mol. The summed E-state index contributed by atoms with van der Waals surface area (Å²) in [7, 11) is 0. The lowest BCUT2D eigenvalue weighted by atomic mass is 9.85. The van der Waals surface area contributed by atoms with Gasteiger partial charge in [-0.25, -0.2) is 14.4 Å². The molecule has 1 aliphatic heterocycles. The third kappa shape index (κ3) is 5.27. The first kappa shape index (κ1) is 26.6. The molecule has 38 heavy (non-hydrogen) atoms. The minimum Gasteiger partial charge on any atom is -0.393 e. The summed E-state index contributed by atoms with van der Waals surface area (Å²) in [4.78, 5) is 34.0. The second kappa shape index (κ2) is 10.3. The molecule has 8 nitrogen and oxygen atoms in total. The number of carbonyl (C=O) groups excluding carboxylic acids is 2. The highest BCUT2D eigenvalue weighted by Gasteiger charge is 2.33. The number of hydrogen-bond donors (Lipinski definition) is 3. The summed E-state index contributed by atoms with van der Waals surface area (Å²) in [6.07, 6.45) is 5.35. The molecule has 202 valence electrons. The number of carbonyl (C=O) groups is 2. The molecule has 1 aliphatic carbocycles. The highest BCUT2D eigenvalue weighted by atomic mass is 35.5. The zero-order chi connectivity index (χ0) is 27.2. The van der Waals surface area contributed by atoms with E-state index >= 15 is 4.39 Å². The fourth-order valence-electron chi connectivity index (χ4n) is 5.78. The standard InChI is InChI=1S/C28H33ClFN5O3/c1-15(36)9-25(37)32-18-6-4-5-16(10-18)27(38)33-23-13-19(20(29)14-31-23)17-11-21(30)26-22(12-17)35-24(34-26)7-8-28(35,2)3/h11-16,18,36H,4-10H2,1-3H3,(H,32,37)(H,31,33,38). The van der Waals surface area contributed by atoms with Crippen molar-refractivity contribution in [1.82, 2.24) is 19.9 Å². The molecule has 1 saturated carbocycles. The van der Waals surface area contributed by atoms with Crippen molar-refractivity contribution in [3.63, 3.8) is 0 Å². The highest BCUT2D eigenvalue weighted by Crippen LogP contribution is 2.39. The van der Waals surface area contributed by atoms with E-state index in [-0.39, 0.29) is 35.7 Å². The van der Waals surface area contributed by atoms with Crippen LogP contribution in [-0.2, 0) is 21.5 Å². The van der Waals surface area contributed by atoms with Crippen molar-refractivity contribution in [2.75, 3.05) is 5.32 Å². The molecule has 5 rings (SSSR count). The van der Waals surface area contributed by atoms with Gasteiger partial charge < -0.3 is 20.3 Å². The van der Waals surface area contributed by atoms with E-state index in [0.717, 1.165) is 37.0 Å². The zero-order valence-corrected chi connectivity index (χ0v) is 22.6. The molecule has 1 fully saturated rings. The van der Waals surface area contributed by atoms with Crippen LogP contribution >= 0.6 is 11.6 Å². The smallest absolute Gasteiger partial charge is 0.228 e. The number of imidazole rings is 1. The maximum absolute atomic E-state index is 15.2. The van der Waals surface area contributed by atoms with E-state index < -0.39 is 11.9 Å². The molecule has 0 saturated heterocycles. The Morgan fingerprint density at radius 2 is 2.08 bits per heavy atom. The van der Waals surface area contributed by atoms with Crippen molar-refractivity contribution in [2.45, 2.75) is 83.4 Å². The summed E-state index contributed by atoms with van der Waals surface area (Å²) in [5.41, 5.74) is 2.06. The average Bonchev–Trinajstić information content (AvgIpc) is 3.37. The molecule has 3 aromatic rings. The van der Waals surface area contributed by atoms with Crippen LogP contribution in [0.1, 0.15) is 65.1 Å². The molecule has 2 aliphatic rings. The summed E-state index contributed by atoms with van der Waals surface area (Å²) < 4.78 is 17.3. The van der Waals surface area contributed by atoms with Crippen molar-refractivity contribution in [3.8, 4) is 11.1 Å². The molecule has 10 heteroatoms. The van der Waals surface area contributed by atoms with Gasteiger partial charge in [0.2, 0.25) is 11.8 Å². The number of aliphatic hydroxyl groups is 1. The molecule has 3 heterocycles. The molecule has 3 atom stereocenters. The van der Waals surface area contributed by atoms with Gasteiger partial charge in [-0.2, -0.15) is 0 Å². The van der Waals surface area contributed by atoms with Gasteiger partial charge in [-0.1, -0.05) is 18.0 Å². The fraction of sp³-hybridized carbons (Fsp3) is 0.500. The largest absolute Gasteiger partial charge is 0.393 e. The van der Waals surface area contributed by atoms with Gasteiger partial charge in [-0.15, -0.1) is 0 Å². The SMILES string of the molecule is CC(O)CC(=O)NC1CCCC(C(=O)Nc2cc(-c3cc(F)c4nc5n(c4c3)C(C)(C)CC5)c(Cl)cn2)C1. The normalized spacial score (nSPS) is 21.2. The number of anilines is 1. The predicted molar refractivity (Wildman–Crippen MR) is 144 cm³/mol. The summed E-state index contributed by atoms with van der Waals surface area (Å²) in [6.45, 7) is 5.81. The van der Waals surface area contributed by atoms with Crippen LogP contribution in [0.25, 0.3) is 22.2 Å². The molecule has 2 amide bonds. The van der Waals surface area contributed by atoms with E-state index in [1.54, 1.807) is 13.0 Å². The van der Waals surface area contributed by atoms with Crippen molar-refractivity contribution in [2.24, 2.45) is 5.92 Å². The molecule has 3 N–H and O–H groups in total. The number of nitrogens with zero attached hydrogens (tertiary/aromatic N) is 3. The van der Waals surface area contributed by atoms with E-state index in [9.17, 15) is 14.7 Å². The fourth-order valence-corrected chi connectivity index (χ4v) is 5.99. The lowest BCUT2D eigenvalue weighted by Crippen LogP contribution is -2.41. The minimum absolute atomic E-state index is 0.0385. The van der Waals surface area contributed by atoms with Gasteiger partial charge in [0.1, 0.15) is 17.2 Å². The van der Waals surface area contributed by atoms with Crippen LogP contribution in [0.3, 0.4) is 0 Å². The predicted octanol–water partition coefficient (Wildman–Crippen LogP) is 4.96. The lowest BCUT2D eigenvalue weighted by molar-refractivity contribution is -0.125. The van der Waals surface area contributed by atoms with Crippen LogP contribution in [0.5, 0.6) is 0 Å². The Kier molecular flexibility index (Phi) is 7.17. The summed E-state index contributed by atoms with van der Waals surface area (Å²) >= 11 is 6.49. The minimum atomic E-state index is -0.710. The van der Waals surface area contributed by atoms with E-state index in [2.05, 4.69) is 39.0 Å². The molecule has 3 unspecified atom stereocenters. The van der Waals surface area contributed by atoms with Crippen LogP contribution < -0.4 is 10.6 Å². The van der Waals surface area contributed by atoms with Gasteiger partial charge in [0.25, 0.3) is 0 Å². The third-order valence-corrected chi connectivity index (χ3v) is 7.96. The van der Waals surface area contributed by atoms with Crippen LogP contribution in [0.4, 0.5) is 10.2 Å². The maximum atomic E-state index is 15.2. The summed E-state index contributed by atoms with van der Waals surface area (Å²) in [5.74, 6) is 0.104. The third-order valence-electron chi connectivity index (χ3n) is 7.66. The Morgan fingerprint density at radius 3 is 2.84 bits per heavy atom. The van der Waals surface area contributed by atoms with Crippen molar-refractivity contribution >= 4 is 40.3 Å². The Bertz CT molecular complexity index is 1400. The number of aryl methyl sites for hydroxylation is 1. The first-order valence-corrected chi connectivity index (χ1v) is 13.5. The van der Waals surface area contributed by atoms with E-state index in [4.69, 9.17) is 11.6 Å². The number of amides is 2. The number of aromatic nitrogens is 3. The number of halogens is 2. The maximum Gasteiger partial charge on any atom is 0.228 e. The van der Waals surface area contributed by atoms with Crippen LogP contribution in [0.15, 0.2) is 24.4 Å². The van der Waals surface area contributed by atoms with Crippen LogP contribution in [-0.4, -0.2) is 43.6 Å². The Hall–Kier alpha value is -3.04. The van der Waals surface area contributed by atoms with Gasteiger partial charge >= 0.3 is 0 Å². The Morgan fingerprint density at radius 1 is 1.29 bits per heavy atom. The number of hydrogen-bond acceptors (Lipinski definition) is 5. The van der Waals surface area contributed by atoms with E-state index in [1.165, 1.54) is 12.3 Å². The Balaban J connectivity index is 1.36. The van der Waals surface area contributed by atoms with Crippen LogP contribution in [0.2, 0.25) is 5.02 Å². The number of benzene rings is 1. The van der Waals surface area contributed by atoms with Gasteiger partial charge in [-0.05, 0) is 70.2 Å².